The first-order valence-electron chi connectivity index (χ1n) is 4.53. The van der Waals surface area contributed by atoms with Crippen molar-refractivity contribution in [3.63, 3.8) is 0 Å². The third-order valence-corrected chi connectivity index (χ3v) is 1.96. The zero-order valence-electron chi connectivity index (χ0n) is 8.03. The molecule has 7 nitrogen and oxygen atoms in total. The van der Waals surface area contributed by atoms with Crippen LogP contribution in [0.15, 0.2) is 35.4 Å². The first-order valence-corrected chi connectivity index (χ1v) is 4.53. The summed E-state index contributed by atoms with van der Waals surface area (Å²) in [5.41, 5.74) is 0.765. The number of nitrogens with zero attached hydrogens (tertiary/aromatic N) is 5. The van der Waals surface area contributed by atoms with E-state index < -0.39 is 0 Å². The maximum absolute atomic E-state index is 5.09. The van der Waals surface area contributed by atoms with Crippen LogP contribution in [0.1, 0.15) is 0 Å². The maximum atomic E-state index is 5.09. The predicted octanol–water partition coefficient (Wildman–Crippen LogP) is 0.917. The van der Waals surface area contributed by atoms with E-state index in [2.05, 4.69) is 30.3 Å². The number of hydrogen-bond donors (Lipinski definition) is 1. The highest BCUT2D eigenvalue weighted by Crippen LogP contribution is 2.18. The van der Waals surface area contributed by atoms with Crippen molar-refractivity contribution >= 4 is 0 Å². The minimum absolute atomic E-state index is 0.372. The number of H-pyrrole nitrogens is 1. The summed E-state index contributed by atoms with van der Waals surface area (Å²) in [5.74, 6) is 1.25. The molecule has 0 saturated carbocycles. The lowest BCUT2D eigenvalue weighted by atomic mass is 10.3. The molecule has 16 heavy (non-hydrogen) atoms. The van der Waals surface area contributed by atoms with Crippen molar-refractivity contribution in [3.05, 3.63) is 30.9 Å². The van der Waals surface area contributed by atoms with Gasteiger partial charge in [0.05, 0.1) is 5.56 Å². The molecule has 3 rings (SSSR count). The Morgan fingerprint density at radius 3 is 3.06 bits per heavy atom. The molecule has 1 N–H and O–H groups in total. The third-order valence-electron chi connectivity index (χ3n) is 1.96. The lowest BCUT2D eigenvalue weighted by Gasteiger charge is -1.89. The van der Waals surface area contributed by atoms with Crippen LogP contribution in [0, 0.1) is 0 Å². The molecule has 0 aliphatic heterocycles. The second-order valence-corrected chi connectivity index (χ2v) is 3.00. The summed E-state index contributed by atoms with van der Waals surface area (Å²) < 4.78 is 5.09. The monoisotopic (exact) mass is 214 g/mol. The van der Waals surface area contributed by atoms with E-state index in [0.29, 0.717) is 17.5 Å². The van der Waals surface area contributed by atoms with E-state index in [4.69, 9.17) is 4.52 Å². The van der Waals surface area contributed by atoms with Crippen LogP contribution >= 0.6 is 0 Å². The molecule has 78 valence electrons. The zero-order valence-corrected chi connectivity index (χ0v) is 8.03. The summed E-state index contributed by atoms with van der Waals surface area (Å²) in [6.45, 7) is 0. The van der Waals surface area contributed by atoms with E-state index in [-0.39, 0.29) is 0 Å². The molecule has 0 aliphatic carbocycles. The normalized spacial score (nSPS) is 10.5. The van der Waals surface area contributed by atoms with Crippen LogP contribution in [0.4, 0.5) is 0 Å². The Morgan fingerprint density at radius 1 is 1.31 bits per heavy atom. The summed E-state index contributed by atoms with van der Waals surface area (Å²) >= 11 is 0. The smallest absolute Gasteiger partial charge is 0.259 e. The zero-order chi connectivity index (χ0) is 10.8. The van der Waals surface area contributed by atoms with E-state index in [0.717, 1.165) is 5.56 Å². The molecule has 0 saturated heterocycles. The van der Waals surface area contributed by atoms with Gasteiger partial charge in [-0.2, -0.15) is 10.1 Å². The van der Waals surface area contributed by atoms with E-state index >= 15 is 0 Å². The highest BCUT2D eigenvalue weighted by Gasteiger charge is 2.11. The number of aromatic amines is 1. The molecule has 0 atom stereocenters. The average Bonchev–Trinajstić information content (AvgIpc) is 3.01. The van der Waals surface area contributed by atoms with Gasteiger partial charge < -0.3 is 4.52 Å². The number of nitrogens with one attached hydrogen (secondary N) is 1. The number of hydrogen-bond acceptors (Lipinski definition) is 6. The number of pyridine rings is 1. The predicted molar refractivity (Wildman–Crippen MR) is 52.9 cm³/mol. The lowest BCUT2D eigenvalue weighted by Crippen LogP contribution is -1.83. The van der Waals surface area contributed by atoms with Crippen LogP contribution in [-0.2, 0) is 0 Å². The van der Waals surface area contributed by atoms with Crippen LogP contribution in [0.5, 0.6) is 0 Å². The second-order valence-electron chi connectivity index (χ2n) is 3.00. The molecule has 0 spiro atoms. The van der Waals surface area contributed by atoms with Gasteiger partial charge >= 0.3 is 0 Å². The van der Waals surface area contributed by atoms with Gasteiger partial charge in [-0.15, -0.1) is 0 Å². The Bertz CT molecular complexity index is 573. The van der Waals surface area contributed by atoms with Gasteiger partial charge in [0.2, 0.25) is 5.82 Å². The first kappa shape index (κ1) is 8.72. The third kappa shape index (κ3) is 1.44. The molecule has 0 aliphatic rings. The molecular formula is C9H6N6O. The molecule has 0 amide bonds. The molecule has 3 aromatic heterocycles. The van der Waals surface area contributed by atoms with E-state index in [1.165, 1.54) is 6.33 Å². The first-order chi connectivity index (χ1) is 7.93. The average molecular weight is 214 g/mol. The Kier molecular flexibility index (Phi) is 1.93. The summed E-state index contributed by atoms with van der Waals surface area (Å²) in [7, 11) is 0. The SMILES string of the molecule is c1cncc(-c2nc(-c3ncn[nH]3)no2)c1. The van der Waals surface area contributed by atoms with Gasteiger partial charge in [-0.25, -0.2) is 4.98 Å². The molecule has 0 fully saturated rings. The largest absolute Gasteiger partial charge is 0.333 e. The van der Waals surface area contributed by atoms with E-state index in [1.54, 1.807) is 18.5 Å². The van der Waals surface area contributed by atoms with Gasteiger partial charge in [-0.3, -0.25) is 10.1 Å². The van der Waals surface area contributed by atoms with Gasteiger partial charge in [0.25, 0.3) is 5.89 Å². The quantitative estimate of drug-likeness (QED) is 0.681. The Balaban J connectivity index is 2.00. The lowest BCUT2D eigenvalue weighted by molar-refractivity contribution is 0.431. The highest BCUT2D eigenvalue weighted by atomic mass is 16.5. The van der Waals surface area contributed by atoms with Crippen molar-refractivity contribution in [3.8, 4) is 23.1 Å². The Labute approximate surface area is 89.6 Å². The molecule has 0 aromatic carbocycles. The highest BCUT2D eigenvalue weighted by molar-refractivity contribution is 5.53. The van der Waals surface area contributed by atoms with Crippen LogP contribution < -0.4 is 0 Å². The van der Waals surface area contributed by atoms with E-state index in [1.807, 2.05) is 6.07 Å². The maximum Gasteiger partial charge on any atom is 0.259 e. The second kappa shape index (κ2) is 3.54. The minimum atomic E-state index is 0.372. The van der Waals surface area contributed by atoms with Crippen molar-refractivity contribution in [1.82, 2.24) is 30.3 Å². The summed E-state index contributed by atoms with van der Waals surface area (Å²) in [6, 6.07) is 3.64. The van der Waals surface area contributed by atoms with Crippen LogP contribution in [0.2, 0.25) is 0 Å². The molecule has 7 heteroatoms. The molecule has 0 bridgehead atoms. The van der Waals surface area contributed by atoms with Crippen molar-refractivity contribution in [1.29, 1.82) is 0 Å². The van der Waals surface area contributed by atoms with Gasteiger partial charge in [-0.1, -0.05) is 5.16 Å². The molecule has 0 unspecified atom stereocenters. The van der Waals surface area contributed by atoms with Crippen molar-refractivity contribution < 1.29 is 4.52 Å². The van der Waals surface area contributed by atoms with Crippen molar-refractivity contribution in [2.75, 3.05) is 0 Å². The number of rotatable bonds is 2. The summed E-state index contributed by atoms with van der Waals surface area (Å²) in [6.07, 6.45) is 4.71. The number of aromatic nitrogens is 6. The summed E-state index contributed by atoms with van der Waals surface area (Å²) in [4.78, 5) is 12.1. The van der Waals surface area contributed by atoms with Crippen molar-refractivity contribution in [2.24, 2.45) is 0 Å². The van der Waals surface area contributed by atoms with Gasteiger partial charge in [-0.05, 0) is 12.1 Å². The van der Waals surface area contributed by atoms with Crippen LogP contribution in [-0.4, -0.2) is 30.3 Å². The Hall–Kier alpha value is -2.57. The summed E-state index contributed by atoms with van der Waals surface area (Å²) in [5, 5.41) is 10.2. The van der Waals surface area contributed by atoms with Crippen molar-refractivity contribution in [2.45, 2.75) is 0 Å². The fourth-order valence-corrected chi connectivity index (χ4v) is 1.24. The fraction of sp³-hybridized carbons (Fsp3) is 0. The van der Waals surface area contributed by atoms with Crippen LogP contribution in [0.3, 0.4) is 0 Å². The standard InChI is InChI=1S/C9H6N6O/c1-2-6(4-10-3-1)9-13-8(15-16-9)7-11-5-12-14-7/h1-5H,(H,11,12,14). The van der Waals surface area contributed by atoms with E-state index in [9.17, 15) is 0 Å². The van der Waals surface area contributed by atoms with Gasteiger partial charge in [0.1, 0.15) is 6.33 Å². The minimum Gasteiger partial charge on any atom is -0.333 e. The molecule has 3 aromatic rings. The fourth-order valence-electron chi connectivity index (χ4n) is 1.24. The Morgan fingerprint density at radius 2 is 2.31 bits per heavy atom. The van der Waals surface area contributed by atoms with Gasteiger partial charge in [0.15, 0.2) is 5.82 Å². The molecular weight excluding hydrogens is 208 g/mol. The van der Waals surface area contributed by atoms with Gasteiger partial charge in [0, 0.05) is 12.4 Å². The topological polar surface area (TPSA) is 93.4 Å². The molecule has 0 radical (unpaired) electrons. The van der Waals surface area contributed by atoms with Crippen LogP contribution in [0.25, 0.3) is 23.1 Å². The molecule has 3 heterocycles.